The van der Waals surface area contributed by atoms with Gasteiger partial charge in [0.15, 0.2) is 0 Å². The van der Waals surface area contributed by atoms with E-state index in [2.05, 4.69) is 11.8 Å². The zero-order chi connectivity index (χ0) is 11.4. The lowest BCUT2D eigenvalue weighted by Crippen LogP contribution is -2.54. The highest BCUT2D eigenvalue weighted by Gasteiger charge is 2.25. The number of carbonyl (C=O) groups excluding carboxylic acids is 1. The van der Waals surface area contributed by atoms with Crippen molar-refractivity contribution < 1.29 is 9.53 Å². The van der Waals surface area contributed by atoms with Crippen molar-refractivity contribution in [3.05, 3.63) is 6.92 Å². The molecule has 0 spiro atoms. The number of nitrogens with zero attached hydrogens (tertiary/aromatic N) is 3. The maximum atomic E-state index is 12.1. The molecule has 5 nitrogen and oxygen atoms in total. The molecule has 2 fully saturated rings. The molecule has 91 valence electrons. The summed E-state index contributed by atoms with van der Waals surface area (Å²) in [6.07, 6.45) is 0. The lowest BCUT2D eigenvalue weighted by atomic mass is 10.3. The van der Waals surface area contributed by atoms with Crippen LogP contribution in [-0.4, -0.2) is 79.8 Å². The van der Waals surface area contributed by atoms with E-state index in [1.807, 2.05) is 9.80 Å². The van der Waals surface area contributed by atoms with Crippen LogP contribution in [0.2, 0.25) is 0 Å². The van der Waals surface area contributed by atoms with E-state index < -0.39 is 0 Å². The van der Waals surface area contributed by atoms with Gasteiger partial charge in [-0.2, -0.15) is 0 Å². The van der Waals surface area contributed by atoms with Gasteiger partial charge in [0.25, 0.3) is 0 Å². The molecule has 2 rings (SSSR count). The summed E-state index contributed by atoms with van der Waals surface area (Å²) in [6.45, 7) is 11.0. The first kappa shape index (κ1) is 11.7. The van der Waals surface area contributed by atoms with Crippen molar-refractivity contribution in [2.45, 2.75) is 0 Å². The smallest absolute Gasteiger partial charge is 0.320 e. The quantitative estimate of drug-likeness (QED) is 0.626. The third-order valence-electron chi connectivity index (χ3n) is 3.24. The Kier molecular flexibility index (Phi) is 4.01. The third kappa shape index (κ3) is 2.65. The van der Waals surface area contributed by atoms with Crippen molar-refractivity contribution in [1.29, 1.82) is 0 Å². The molecule has 0 N–H and O–H groups in total. The van der Waals surface area contributed by atoms with Crippen molar-refractivity contribution in [2.75, 3.05) is 59.0 Å². The normalized spacial score (nSPS) is 23.6. The second-order valence-electron chi connectivity index (χ2n) is 4.21. The van der Waals surface area contributed by atoms with Gasteiger partial charge in [-0.25, -0.2) is 4.79 Å². The maximum absolute atomic E-state index is 12.1. The zero-order valence-electron chi connectivity index (χ0n) is 9.73. The Bertz CT molecular complexity index is 233. The summed E-state index contributed by atoms with van der Waals surface area (Å²) in [5, 5.41) is 0. The second-order valence-corrected chi connectivity index (χ2v) is 4.21. The van der Waals surface area contributed by atoms with Crippen LogP contribution in [0, 0.1) is 6.92 Å². The van der Waals surface area contributed by atoms with Crippen LogP contribution in [0.25, 0.3) is 0 Å². The highest BCUT2D eigenvalue weighted by molar-refractivity contribution is 5.74. The van der Waals surface area contributed by atoms with Crippen LogP contribution in [0.3, 0.4) is 0 Å². The van der Waals surface area contributed by atoms with E-state index in [-0.39, 0.29) is 6.03 Å². The van der Waals surface area contributed by atoms with Gasteiger partial charge >= 0.3 is 6.03 Å². The van der Waals surface area contributed by atoms with E-state index in [0.29, 0.717) is 13.2 Å². The van der Waals surface area contributed by atoms with E-state index in [1.54, 1.807) is 0 Å². The maximum Gasteiger partial charge on any atom is 0.320 e. The van der Waals surface area contributed by atoms with Crippen molar-refractivity contribution in [3.63, 3.8) is 0 Å². The molecule has 0 aliphatic carbocycles. The number of rotatable bonds is 1. The summed E-state index contributed by atoms with van der Waals surface area (Å²) in [7, 11) is 0. The number of morpholine rings is 1. The van der Waals surface area contributed by atoms with Gasteiger partial charge in [-0.3, -0.25) is 4.90 Å². The number of carbonyl (C=O) groups is 1. The fourth-order valence-electron chi connectivity index (χ4n) is 2.12. The molecule has 0 saturated carbocycles. The van der Waals surface area contributed by atoms with Gasteiger partial charge in [0.05, 0.1) is 13.2 Å². The van der Waals surface area contributed by atoms with Crippen LogP contribution in [0.15, 0.2) is 0 Å². The molecule has 2 heterocycles. The van der Waals surface area contributed by atoms with E-state index in [0.717, 1.165) is 45.8 Å². The minimum atomic E-state index is 0.173. The van der Waals surface area contributed by atoms with Crippen LogP contribution in [0.4, 0.5) is 4.79 Å². The van der Waals surface area contributed by atoms with E-state index >= 15 is 0 Å². The van der Waals surface area contributed by atoms with Crippen molar-refractivity contribution in [3.8, 4) is 0 Å². The Labute approximate surface area is 96.9 Å². The fourth-order valence-corrected chi connectivity index (χ4v) is 2.12. The van der Waals surface area contributed by atoms with Crippen molar-refractivity contribution >= 4 is 6.03 Å². The van der Waals surface area contributed by atoms with Gasteiger partial charge in [-0.05, 0) is 13.5 Å². The molecular formula is C11H20N3O2. The first-order chi connectivity index (χ1) is 7.81. The summed E-state index contributed by atoms with van der Waals surface area (Å²) in [5.41, 5.74) is 0. The zero-order valence-corrected chi connectivity index (χ0v) is 9.73. The summed E-state index contributed by atoms with van der Waals surface area (Å²) < 4.78 is 5.24. The highest BCUT2D eigenvalue weighted by Crippen LogP contribution is 2.07. The summed E-state index contributed by atoms with van der Waals surface area (Å²) >= 11 is 0. The second kappa shape index (κ2) is 5.50. The van der Waals surface area contributed by atoms with Crippen LogP contribution >= 0.6 is 0 Å². The molecule has 1 radical (unpaired) electrons. The standard InChI is InChI=1S/C11H20N3O2/c1-2-12-3-5-13(6-4-12)11(15)14-7-9-16-10-8-14/h1-10H2. The SMILES string of the molecule is [CH2]CN1CCN(C(=O)N2CCOCC2)CC1. The molecule has 0 bridgehead atoms. The van der Waals surface area contributed by atoms with E-state index in [9.17, 15) is 4.79 Å². The highest BCUT2D eigenvalue weighted by atomic mass is 16.5. The van der Waals surface area contributed by atoms with Gasteiger partial charge in [-0.15, -0.1) is 0 Å². The summed E-state index contributed by atoms with van der Waals surface area (Å²) in [6, 6.07) is 0.173. The molecule has 0 aromatic rings. The minimum Gasteiger partial charge on any atom is -0.378 e. The van der Waals surface area contributed by atoms with Gasteiger partial charge in [0.1, 0.15) is 0 Å². The Morgan fingerprint density at radius 3 is 2.12 bits per heavy atom. The van der Waals surface area contributed by atoms with Crippen LogP contribution in [-0.2, 0) is 4.74 Å². The molecule has 0 atom stereocenters. The lowest BCUT2D eigenvalue weighted by Gasteiger charge is -2.38. The van der Waals surface area contributed by atoms with Crippen LogP contribution < -0.4 is 0 Å². The summed E-state index contributed by atoms with van der Waals surface area (Å²) in [5.74, 6) is 0. The average molecular weight is 226 g/mol. The molecule has 0 unspecified atom stereocenters. The number of urea groups is 1. The molecule has 2 amide bonds. The van der Waals surface area contributed by atoms with Gasteiger partial charge in [0.2, 0.25) is 0 Å². The monoisotopic (exact) mass is 226 g/mol. The Morgan fingerprint density at radius 1 is 1.00 bits per heavy atom. The third-order valence-corrected chi connectivity index (χ3v) is 3.24. The Balaban J connectivity index is 1.81. The number of hydrogen-bond donors (Lipinski definition) is 0. The first-order valence-corrected chi connectivity index (χ1v) is 5.94. The fraction of sp³-hybridized carbons (Fsp3) is 0.818. The number of amides is 2. The van der Waals surface area contributed by atoms with E-state index in [1.165, 1.54) is 0 Å². The van der Waals surface area contributed by atoms with E-state index in [4.69, 9.17) is 4.74 Å². The topological polar surface area (TPSA) is 36.0 Å². The summed E-state index contributed by atoms with van der Waals surface area (Å²) in [4.78, 5) is 18.2. The first-order valence-electron chi connectivity index (χ1n) is 5.94. The Hall–Kier alpha value is -0.810. The van der Waals surface area contributed by atoms with Crippen LogP contribution in [0.1, 0.15) is 0 Å². The average Bonchev–Trinajstić information content (AvgIpc) is 2.39. The Morgan fingerprint density at radius 2 is 1.56 bits per heavy atom. The molecular weight excluding hydrogens is 206 g/mol. The van der Waals surface area contributed by atoms with Gasteiger partial charge < -0.3 is 14.5 Å². The van der Waals surface area contributed by atoms with Gasteiger partial charge in [-0.1, -0.05) is 0 Å². The molecule has 2 aliphatic rings. The molecule has 0 aromatic heterocycles. The van der Waals surface area contributed by atoms with Crippen molar-refractivity contribution in [2.24, 2.45) is 0 Å². The largest absolute Gasteiger partial charge is 0.378 e. The van der Waals surface area contributed by atoms with Gasteiger partial charge in [0, 0.05) is 39.3 Å². The number of ether oxygens (including phenoxy) is 1. The predicted octanol–water partition coefficient (Wildman–Crippen LogP) is -0.110. The molecule has 0 aromatic carbocycles. The van der Waals surface area contributed by atoms with Crippen LogP contribution in [0.5, 0.6) is 0 Å². The molecule has 16 heavy (non-hydrogen) atoms. The number of piperazine rings is 1. The molecule has 2 aliphatic heterocycles. The molecule has 2 saturated heterocycles. The lowest BCUT2D eigenvalue weighted by molar-refractivity contribution is 0.0382. The molecule has 5 heteroatoms. The minimum absolute atomic E-state index is 0.173. The van der Waals surface area contributed by atoms with Crippen molar-refractivity contribution in [1.82, 2.24) is 14.7 Å². The predicted molar refractivity (Wildman–Crippen MR) is 61.2 cm³/mol. The number of hydrogen-bond acceptors (Lipinski definition) is 3.